The first-order valence-corrected chi connectivity index (χ1v) is 5.86. The highest BCUT2D eigenvalue weighted by atomic mass is 16.1. The summed E-state index contributed by atoms with van der Waals surface area (Å²) in [6.45, 7) is 2.00. The number of benzene rings is 2. The lowest BCUT2D eigenvalue weighted by Crippen LogP contribution is -2.03. The highest BCUT2D eigenvalue weighted by Crippen LogP contribution is 2.28. The molecule has 2 nitrogen and oxygen atoms in total. The van der Waals surface area contributed by atoms with Crippen molar-refractivity contribution in [1.82, 2.24) is 0 Å². The molecule has 0 aromatic heterocycles. The Balaban J connectivity index is 2.50. The van der Waals surface area contributed by atoms with Crippen molar-refractivity contribution < 1.29 is 9.59 Å². The van der Waals surface area contributed by atoms with Crippen LogP contribution in [0.15, 0.2) is 48.5 Å². The maximum atomic E-state index is 11.0. The van der Waals surface area contributed by atoms with Crippen molar-refractivity contribution in [2.24, 2.45) is 0 Å². The number of hydrogen-bond acceptors (Lipinski definition) is 2. The van der Waals surface area contributed by atoms with Crippen LogP contribution in [-0.4, -0.2) is 12.6 Å². The van der Waals surface area contributed by atoms with E-state index < -0.39 is 0 Å². The van der Waals surface area contributed by atoms with Gasteiger partial charge < -0.3 is 0 Å². The van der Waals surface area contributed by atoms with Gasteiger partial charge in [-0.2, -0.15) is 0 Å². The molecule has 18 heavy (non-hydrogen) atoms. The molecule has 0 spiro atoms. The summed E-state index contributed by atoms with van der Waals surface area (Å²) >= 11 is 0. The molecule has 0 bridgehead atoms. The van der Waals surface area contributed by atoms with E-state index in [1.54, 1.807) is 12.1 Å². The Bertz CT molecular complexity index is 521. The molecule has 2 aromatic rings. The Kier molecular flexibility index (Phi) is 3.68. The van der Waals surface area contributed by atoms with Gasteiger partial charge in [0, 0.05) is 17.0 Å². The number of rotatable bonds is 4. The Labute approximate surface area is 106 Å². The minimum Gasteiger partial charge on any atom is -0.298 e. The maximum Gasteiger partial charge on any atom is 0.150 e. The number of aldehydes is 2. The van der Waals surface area contributed by atoms with E-state index in [2.05, 4.69) is 0 Å². The first-order valence-electron chi connectivity index (χ1n) is 5.86. The molecule has 0 aliphatic rings. The van der Waals surface area contributed by atoms with E-state index in [0.29, 0.717) is 11.1 Å². The summed E-state index contributed by atoms with van der Waals surface area (Å²) in [4.78, 5) is 22.1. The monoisotopic (exact) mass is 238 g/mol. The van der Waals surface area contributed by atoms with Crippen molar-refractivity contribution in [3.05, 3.63) is 70.8 Å². The van der Waals surface area contributed by atoms with Crippen molar-refractivity contribution in [2.75, 3.05) is 0 Å². The van der Waals surface area contributed by atoms with Gasteiger partial charge in [0.1, 0.15) is 12.6 Å². The fraction of sp³-hybridized carbons (Fsp3) is 0.125. The summed E-state index contributed by atoms with van der Waals surface area (Å²) in [5.41, 5.74) is 3.24. The largest absolute Gasteiger partial charge is 0.298 e. The van der Waals surface area contributed by atoms with Crippen LogP contribution in [0.5, 0.6) is 0 Å². The van der Waals surface area contributed by atoms with Crippen molar-refractivity contribution in [3.8, 4) is 0 Å². The van der Waals surface area contributed by atoms with Crippen LogP contribution >= 0.6 is 0 Å². The molecule has 2 rings (SSSR count). The summed E-state index contributed by atoms with van der Waals surface area (Å²) < 4.78 is 0. The van der Waals surface area contributed by atoms with Gasteiger partial charge in [0.25, 0.3) is 0 Å². The smallest absolute Gasteiger partial charge is 0.150 e. The van der Waals surface area contributed by atoms with E-state index in [4.69, 9.17) is 0 Å². The minimum atomic E-state index is 0.0211. The molecule has 2 aromatic carbocycles. The quantitative estimate of drug-likeness (QED) is 0.764. The Hall–Kier alpha value is -2.22. The van der Waals surface area contributed by atoms with Gasteiger partial charge in [-0.15, -0.1) is 0 Å². The first kappa shape index (κ1) is 12.2. The third-order valence-electron chi connectivity index (χ3n) is 3.18. The second kappa shape index (κ2) is 5.41. The van der Waals surface area contributed by atoms with E-state index in [1.165, 1.54) is 0 Å². The zero-order chi connectivity index (χ0) is 13.0. The molecule has 0 radical (unpaired) electrons. The van der Waals surface area contributed by atoms with Crippen LogP contribution in [0.2, 0.25) is 0 Å². The van der Waals surface area contributed by atoms with Crippen LogP contribution in [0, 0.1) is 0 Å². The van der Waals surface area contributed by atoms with Gasteiger partial charge in [0.2, 0.25) is 0 Å². The van der Waals surface area contributed by atoms with Crippen LogP contribution in [0.3, 0.4) is 0 Å². The summed E-state index contributed by atoms with van der Waals surface area (Å²) in [6, 6.07) is 14.9. The van der Waals surface area contributed by atoms with E-state index in [9.17, 15) is 9.59 Å². The molecule has 0 saturated heterocycles. The Morgan fingerprint density at radius 2 is 1.17 bits per heavy atom. The zero-order valence-electron chi connectivity index (χ0n) is 10.2. The molecular weight excluding hydrogens is 224 g/mol. The number of carbonyl (C=O) groups excluding carboxylic acids is 2. The van der Waals surface area contributed by atoms with E-state index >= 15 is 0 Å². The third-order valence-corrected chi connectivity index (χ3v) is 3.18. The van der Waals surface area contributed by atoms with Gasteiger partial charge in [-0.05, 0) is 11.1 Å². The lowest BCUT2D eigenvalue weighted by atomic mass is 9.87. The summed E-state index contributed by atoms with van der Waals surface area (Å²) in [5, 5.41) is 0. The van der Waals surface area contributed by atoms with Crippen LogP contribution in [0.4, 0.5) is 0 Å². The average Bonchev–Trinajstić information content (AvgIpc) is 2.46. The molecule has 90 valence electrons. The fourth-order valence-corrected chi connectivity index (χ4v) is 2.19. The van der Waals surface area contributed by atoms with Crippen LogP contribution < -0.4 is 0 Å². The van der Waals surface area contributed by atoms with Gasteiger partial charge in [-0.25, -0.2) is 0 Å². The normalized spacial score (nSPS) is 10.3. The third kappa shape index (κ3) is 2.23. The van der Waals surface area contributed by atoms with Crippen LogP contribution in [0.1, 0.15) is 44.7 Å². The van der Waals surface area contributed by atoms with Crippen molar-refractivity contribution in [3.63, 3.8) is 0 Å². The highest BCUT2D eigenvalue weighted by Gasteiger charge is 2.14. The molecule has 0 fully saturated rings. The topological polar surface area (TPSA) is 34.1 Å². The minimum absolute atomic E-state index is 0.0211. The number of carbonyl (C=O) groups is 2. The average molecular weight is 238 g/mol. The fourth-order valence-electron chi connectivity index (χ4n) is 2.19. The molecule has 0 saturated carbocycles. The molecular formula is C16H14O2. The lowest BCUT2D eigenvalue weighted by molar-refractivity contribution is 0.111. The van der Waals surface area contributed by atoms with Gasteiger partial charge >= 0.3 is 0 Å². The van der Waals surface area contributed by atoms with Crippen molar-refractivity contribution in [1.29, 1.82) is 0 Å². The molecule has 0 heterocycles. The summed E-state index contributed by atoms with van der Waals surface area (Å²) in [7, 11) is 0. The molecule has 0 unspecified atom stereocenters. The number of hydrogen-bond donors (Lipinski definition) is 0. The second-order valence-electron chi connectivity index (χ2n) is 4.22. The lowest BCUT2D eigenvalue weighted by Gasteiger charge is -2.16. The Morgan fingerprint density at radius 3 is 1.56 bits per heavy atom. The van der Waals surface area contributed by atoms with E-state index in [-0.39, 0.29) is 5.92 Å². The standard InChI is InChI=1S/C16H14O2/c1-12(15-8-4-2-6-13(15)10-17)16-9-5-3-7-14(16)11-18/h2-12H,1H3. The van der Waals surface area contributed by atoms with Gasteiger partial charge in [0.05, 0.1) is 0 Å². The summed E-state index contributed by atoms with van der Waals surface area (Å²) in [6.07, 6.45) is 1.71. The molecule has 0 aliphatic heterocycles. The van der Waals surface area contributed by atoms with E-state index in [0.717, 1.165) is 23.7 Å². The molecule has 2 heteroatoms. The predicted octanol–water partition coefficient (Wildman–Crippen LogP) is 3.46. The molecule has 0 N–H and O–H groups in total. The maximum absolute atomic E-state index is 11.0. The van der Waals surface area contributed by atoms with Crippen molar-refractivity contribution >= 4 is 12.6 Å². The molecule has 0 aliphatic carbocycles. The van der Waals surface area contributed by atoms with Gasteiger partial charge in [0.15, 0.2) is 0 Å². The van der Waals surface area contributed by atoms with E-state index in [1.807, 2.05) is 43.3 Å². The summed E-state index contributed by atoms with van der Waals surface area (Å²) in [5.74, 6) is 0.0211. The predicted molar refractivity (Wildman–Crippen MR) is 71.2 cm³/mol. The Morgan fingerprint density at radius 1 is 0.778 bits per heavy atom. The van der Waals surface area contributed by atoms with Gasteiger partial charge in [-0.1, -0.05) is 55.5 Å². The van der Waals surface area contributed by atoms with Crippen molar-refractivity contribution in [2.45, 2.75) is 12.8 Å². The highest BCUT2D eigenvalue weighted by molar-refractivity contribution is 5.80. The molecule has 0 amide bonds. The molecule has 0 atom stereocenters. The first-order chi connectivity index (χ1) is 8.77. The van der Waals surface area contributed by atoms with Crippen LogP contribution in [-0.2, 0) is 0 Å². The van der Waals surface area contributed by atoms with Gasteiger partial charge in [-0.3, -0.25) is 9.59 Å². The zero-order valence-corrected chi connectivity index (χ0v) is 10.2. The van der Waals surface area contributed by atoms with Crippen LogP contribution in [0.25, 0.3) is 0 Å². The second-order valence-corrected chi connectivity index (χ2v) is 4.22. The SMILES string of the molecule is CC(c1ccccc1C=O)c1ccccc1C=O.